The van der Waals surface area contributed by atoms with Crippen LogP contribution in [0.2, 0.25) is 0 Å². The van der Waals surface area contributed by atoms with E-state index in [1.54, 1.807) is 17.1 Å². The molecule has 0 atom stereocenters. The predicted octanol–water partition coefficient (Wildman–Crippen LogP) is 1.87. The summed E-state index contributed by atoms with van der Waals surface area (Å²) in [5.74, 6) is 0. The van der Waals surface area contributed by atoms with E-state index >= 15 is 0 Å². The van der Waals surface area contributed by atoms with E-state index in [1.165, 1.54) is 0 Å². The molecule has 1 aliphatic heterocycles. The number of rotatable bonds is 2. The van der Waals surface area contributed by atoms with E-state index in [0.29, 0.717) is 0 Å². The fraction of sp³-hybridized carbons (Fsp3) is 0.467. The number of hydrogen-bond acceptors (Lipinski definition) is 4. The van der Waals surface area contributed by atoms with Crippen molar-refractivity contribution in [1.29, 1.82) is 0 Å². The Morgan fingerprint density at radius 3 is 2.29 bits per heavy atom. The Kier molecular flexibility index (Phi) is 3.18. The summed E-state index contributed by atoms with van der Waals surface area (Å²) in [6, 6.07) is 2.00. The lowest BCUT2D eigenvalue weighted by atomic mass is 9.80. The Bertz CT molecular complexity index is 650. The van der Waals surface area contributed by atoms with Gasteiger partial charge in [-0.2, -0.15) is 5.10 Å². The van der Waals surface area contributed by atoms with E-state index in [2.05, 4.69) is 10.1 Å². The summed E-state index contributed by atoms with van der Waals surface area (Å²) in [6.07, 6.45) is 7.34. The fourth-order valence-electron chi connectivity index (χ4n) is 2.23. The smallest absolute Gasteiger partial charge is 0.399 e. The molecule has 0 aliphatic carbocycles. The minimum absolute atomic E-state index is 0.351. The summed E-state index contributed by atoms with van der Waals surface area (Å²) in [5, 5.41) is 4.31. The van der Waals surface area contributed by atoms with Gasteiger partial charge >= 0.3 is 7.12 Å². The van der Waals surface area contributed by atoms with Gasteiger partial charge in [0.1, 0.15) is 0 Å². The molecule has 0 bridgehead atoms. The van der Waals surface area contributed by atoms with Gasteiger partial charge in [0.15, 0.2) is 0 Å². The van der Waals surface area contributed by atoms with Gasteiger partial charge in [-0.15, -0.1) is 0 Å². The van der Waals surface area contributed by atoms with E-state index in [0.717, 1.165) is 16.7 Å². The first-order valence-corrected chi connectivity index (χ1v) is 7.11. The Balaban J connectivity index is 1.91. The first-order chi connectivity index (χ1) is 9.78. The molecule has 2 aromatic rings. The number of aromatic nitrogens is 3. The molecule has 0 saturated carbocycles. The van der Waals surface area contributed by atoms with E-state index in [9.17, 15) is 0 Å². The minimum atomic E-state index is -0.404. The maximum Gasteiger partial charge on any atom is 0.496 e. The lowest BCUT2D eigenvalue weighted by Gasteiger charge is -2.32. The first kappa shape index (κ1) is 14.3. The van der Waals surface area contributed by atoms with Crippen LogP contribution in [0.25, 0.3) is 5.69 Å². The van der Waals surface area contributed by atoms with Gasteiger partial charge in [-0.3, -0.25) is 4.98 Å². The monoisotopic (exact) mass is 285 g/mol. The van der Waals surface area contributed by atoms with Crippen molar-refractivity contribution in [2.75, 3.05) is 0 Å². The lowest BCUT2D eigenvalue weighted by Crippen LogP contribution is -2.41. The fourth-order valence-corrected chi connectivity index (χ4v) is 2.23. The Hall–Kier alpha value is -1.66. The van der Waals surface area contributed by atoms with Gasteiger partial charge in [0.2, 0.25) is 0 Å². The highest BCUT2D eigenvalue weighted by Gasteiger charge is 2.51. The van der Waals surface area contributed by atoms with Gasteiger partial charge in [-0.1, -0.05) is 0 Å². The second kappa shape index (κ2) is 4.68. The lowest BCUT2D eigenvalue weighted by molar-refractivity contribution is 0.00578. The van der Waals surface area contributed by atoms with E-state index in [-0.39, 0.29) is 11.2 Å². The van der Waals surface area contributed by atoms with Gasteiger partial charge in [0.25, 0.3) is 0 Å². The molecule has 0 N–H and O–H groups in total. The molecule has 0 unspecified atom stereocenters. The van der Waals surface area contributed by atoms with Crippen molar-refractivity contribution in [2.45, 2.75) is 45.8 Å². The molecular weight excluding hydrogens is 265 g/mol. The standard InChI is InChI=1S/C15H20BN3O2/c1-11-7-18-19(10-11)13-6-12(8-17-9-13)16-20-14(2,3)15(4,5)21-16/h6-10H,1-5H3. The van der Waals surface area contributed by atoms with Crippen LogP contribution in [0.3, 0.4) is 0 Å². The summed E-state index contributed by atoms with van der Waals surface area (Å²) in [5.41, 5.74) is 2.21. The SMILES string of the molecule is Cc1cnn(-c2cncc(B3OC(C)(C)C(C)(C)O3)c2)c1. The molecule has 5 nitrogen and oxygen atoms in total. The van der Waals surface area contributed by atoms with Crippen molar-refractivity contribution in [1.82, 2.24) is 14.8 Å². The number of pyridine rings is 1. The molecule has 0 amide bonds. The number of hydrogen-bond donors (Lipinski definition) is 0. The van der Waals surface area contributed by atoms with Crippen LogP contribution in [-0.2, 0) is 9.31 Å². The zero-order valence-corrected chi connectivity index (χ0v) is 13.1. The number of aryl methyl sites for hydroxylation is 1. The molecule has 6 heteroatoms. The van der Waals surface area contributed by atoms with E-state index in [4.69, 9.17) is 9.31 Å². The average molecular weight is 285 g/mol. The molecular formula is C15H20BN3O2. The van der Waals surface area contributed by atoms with Gasteiger partial charge in [-0.05, 0) is 46.2 Å². The van der Waals surface area contributed by atoms with Crippen LogP contribution in [0, 0.1) is 6.92 Å². The van der Waals surface area contributed by atoms with Crippen molar-refractivity contribution in [2.24, 2.45) is 0 Å². The van der Waals surface area contributed by atoms with Gasteiger partial charge < -0.3 is 9.31 Å². The van der Waals surface area contributed by atoms with Crippen molar-refractivity contribution < 1.29 is 9.31 Å². The molecule has 3 rings (SSSR count). The highest BCUT2D eigenvalue weighted by Crippen LogP contribution is 2.36. The molecule has 0 aromatic carbocycles. The van der Waals surface area contributed by atoms with Crippen LogP contribution < -0.4 is 5.46 Å². The number of nitrogens with zero attached hydrogens (tertiary/aromatic N) is 3. The second-order valence-corrected chi connectivity index (χ2v) is 6.53. The third-order valence-corrected chi connectivity index (χ3v) is 4.25. The molecule has 110 valence electrons. The largest absolute Gasteiger partial charge is 0.496 e. The topological polar surface area (TPSA) is 49.2 Å². The first-order valence-electron chi connectivity index (χ1n) is 7.11. The summed E-state index contributed by atoms with van der Waals surface area (Å²) < 4.78 is 13.9. The van der Waals surface area contributed by atoms with E-state index in [1.807, 2.05) is 53.1 Å². The predicted molar refractivity (Wildman–Crippen MR) is 81.8 cm³/mol. The minimum Gasteiger partial charge on any atom is -0.399 e. The van der Waals surface area contributed by atoms with Crippen LogP contribution in [-0.4, -0.2) is 33.1 Å². The normalized spacial score (nSPS) is 20.0. The molecule has 1 fully saturated rings. The van der Waals surface area contributed by atoms with Crippen LogP contribution in [0.15, 0.2) is 30.9 Å². The molecule has 21 heavy (non-hydrogen) atoms. The van der Waals surface area contributed by atoms with E-state index < -0.39 is 7.12 Å². The molecule has 1 aliphatic rings. The van der Waals surface area contributed by atoms with Gasteiger partial charge in [-0.25, -0.2) is 4.68 Å². The zero-order chi connectivity index (χ0) is 15.3. The highest BCUT2D eigenvalue weighted by molar-refractivity contribution is 6.62. The molecule has 1 saturated heterocycles. The van der Waals surface area contributed by atoms with Gasteiger partial charge in [0.05, 0.1) is 29.3 Å². The molecule has 0 spiro atoms. The summed E-state index contributed by atoms with van der Waals surface area (Å²) >= 11 is 0. The molecule has 2 aromatic heterocycles. The Morgan fingerprint density at radius 2 is 1.71 bits per heavy atom. The maximum absolute atomic E-state index is 6.05. The molecule has 0 radical (unpaired) electrons. The van der Waals surface area contributed by atoms with Crippen LogP contribution in [0.1, 0.15) is 33.3 Å². The summed E-state index contributed by atoms with van der Waals surface area (Å²) in [7, 11) is -0.404. The molecule has 3 heterocycles. The highest BCUT2D eigenvalue weighted by atomic mass is 16.7. The second-order valence-electron chi connectivity index (χ2n) is 6.53. The van der Waals surface area contributed by atoms with Crippen molar-refractivity contribution in [3.8, 4) is 5.69 Å². The zero-order valence-electron chi connectivity index (χ0n) is 13.1. The van der Waals surface area contributed by atoms with Gasteiger partial charge in [0, 0.05) is 17.9 Å². The quantitative estimate of drug-likeness (QED) is 0.790. The van der Waals surface area contributed by atoms with Crippen LogP contribution in [0.4, 0.5) is 0 Å². The Morgan fingerprint density at radius 1 is 1.05 bits per heavy atom. The third-order valence-electron chi connectivity index (χ3n) is 4.25. The third kappa shape index (κ3) is 2.49. The Labute approximate surface area is 125 Å². The van der Waals surface area contributed by atoms with Crippen LogP contribution >= 0.6 is 0 Å². The van der Waals surface area contributed by atoms with Crippen LogP contribution in [0.5, 0.6) is 0 Å². The van der Waals surface area contributed by atoms with Crippen molar-refractivity contribution >= 4 is 12.6 Å². The van der Waals surface area contributed by atoms with Crippen molar-refractivity contribution in [3.63, 3.8) is 0 Å². The summed E-state index contributed by atoms with van der Waals surface area (Å²) in [6.45, 7) is 10.2. The maximum atomic E-state index is 6.05. The average Bonchev–Trinajstić information content (AvgIpc) is 2.92. The summed E-state index contributed by atoms with van der Waals surface area (Å²) in [4.78, 5) is 4.29. The van der Waals surface area contributed by atoms with Crippen molar-refractivity contribution in [3.05, 3.63) is 36.4 Å².